The smallest absolute Gasteiger partial charge is 0.338 e. The van der Waals surface area contributed by atoms with Crippen LogP contribution in [0.15, 0.2) is 40.3 Å². The Morgan fingerprint density at radius 1 is 1.31 bits per heavy atom. The van der Waals surface area contributed by atoms with Gasteiger partial charge in [0.1, 0.15) is 6.61 Å². The quantitative estimate of drug-likeness (QED) is 0.606. The average molecular weight is 392 g/mol. The Labute approximate surface area is 158 Å². The Morgan fingerprint density at radius 3 is 3.04 bits per heavy atom. The number of furan rings is 1. The van der Waals surface area contributed by atoms with Crippen molar-refractivity contribution in [1.82, 2.24) is 4.98 Å². The number of carbonyl (C=O) groups is 1. The zero-order valence-electron chi connectivity index (χ0n) is 13.6. The van der Waals surface area contributed by atoms with Gasteiger partial charge < -0.3 is 18.6 Å². The fourth-order valence-electron chi connectivity index (χ4n) is 2.46. The summed E-state index contributed by atoms with van der Waals surface area (Å²) in [5.74, 6) is 1.09. The fraction of sp³-hybridized carbons (Fsp3) is 0.222. The van der Waals surface area contributed by atoms with Crippen molar-refractivity contribution in [3.63, 3.8) is 0 Å². The van der Waals surface area contributed by atoms with Gasteiger partial charge in [-0.3, -0.25) is 0 Å². The Morgan fingerprint density at radius 2 is 2.19 bits per heavy atom. The Bertz CT molecular complexity index is 922. The summed E-state index contributed by atoms with van der Waals surface area (Å²) in [7, 11) is 0. The van der Waals surface area contributed by atoms with E-state index < -0.39 is 5.97 Å². The van der Waals surface area contributed by atoms with Crippen LogP contribution in [0.1, 0.15) is 22.5 Å². The second-order valence-corrected chi connectivity index (χ2v) is 6.80. The van der Waals surface area contributed by atoms with Crippen LogP contribution in [-0.4, -0.2) is 24.2 Å². The van der Waals surface area contributed by atoms with Crippen LogP contribution in [0.5, 0.6) is 11.5 Å². The Hall–Kier alpha value is -2.51. The molecular formula is C18H14ClNO5S. The SMILES string of the molecule is O=C(OCc1csc(-c2ccco2)n1)c1cc(Cl)c2c(c1)OCCCO2. The summed E-state index contributed by atoms with van der Waals surface area (Å²) >= 11 is 7.63. The van der Waals surface area contributed by atoms with E-state index in [-0.39, 0.29) is 6.61 Å². The van der Waals surface area contributed by atoms with Gasteiger partial charge in [0.05, 0.1) is 35.8 Å². The van der Waals surface area contributed by atoms with Crippen molar-refractivity contribution in [1.29, 1.82) is 0 Å². The van der Waals surface area contributed by atoms with E-state index in [1.807, 2.05) is 11.4 Å². The molecule has 0 saturated carbocycles. The van der Waals surface area contributed by atoms with E-state index in [9.17, 15) is 4.79 Å². The minimum atomic E-state index is -0.505. The van der Waals surface area contributed by atoms with Gasteiger partial charge in [-0.05, 0) is 24.3 Å². The third-order valence-corrected chi connectivity index (χ3v) is 4.86. The molecule has 0 amide bonds. The molecule has 0 N–H and O–H groups in total. The average Bonchev–Trinajstić information content (AvgIpc) is 3.27. The highest BCUT2D eigenvalue weighted by atomic mass is 35.5. The number of benzene rings is 1. The van der Waals surface area contributed by atoms with Crippen molar-refractivity contribution >= 4 is 28.9 Å². The molecule has 3 aromatic rings. The summed E-state index contributed by atoms with van der Waals surface area (Å²) in [5, 5.41) is 2.89. The van der Waals surface area contributed by atoms with Crippen LogP contribution in [0.4, 0.5) is 0 Å². The summed E-state index contributed by atoms with van der Waals surface area (Å²) in [4.78, 5) is 16.8. The van der Waals surface area contributed by atoms with Gasteiger partial charge in [0.15, 0.2) is 22.3 Å². The molecule has 26 heavy (non-hydrogen) atoms. The zero-order valence-corrected chi connectivity index (χ0v) is 15.1. The number of hydrogen-bond donors (Lipinski definition) is 0. The number of nitrogens with zero attached hydrogens (tertiary/aromatic N) is 1. The van der Waals surface area contributed by atoms with E-state index in [2.05, 4.69) is 4.98 Å². The molecule has 0 bridgehead atoms. The van der Waals surface area contributed by atoms with Crippen LogP contribution in [0.3, 0.4) is 0 Å². The maximum atomic E-state index is 12.4. The summed E-state index contributed by atoms with van der Waals surface area (Å²) in [6.07, 6.45) is 2.34. The van der Waals surface area contributed by atoms with Crippen LogP contribution in [0.2, 0.25) is 5.02 Å². The molecule has 134 valence electrons. The number of carbonyl (C=O) groups excluding carboxylic acids is 1. The number of hydrogen-bond acceptors (Lipinski definition) is 7. The molecule has 6 nitrogen and oxygen atoms in total. The highest BCUT2D eigenvalue weighted by Gasteiger charge is 2.19. The number of fused-ring (bicyclic) bond motifs is 1. The molecule has 2 aromatic heterocycles. The third kappa shape index (κ3) is 3.54. The van der Waals surface area contributed by atoms with Gasteiger partial charge in [-0.15, -0.1) is 11.3 Å². The maximum Gasteiger partial charge on any atom is 0.338 e. The summed E-state index contributed by atoms with van der Waals surface area (Å²) in [6, 6.07) is 6.73. The van der Waals surface area contributed by atoms with Gasteiger partial charge in [0.25, 0.3) is 0 Å². The summed E-state index contributed by atoms with van der Waals surface area (Å²) < 4.78 is 21.8. The summed E-state index contributed by atoms with van der Waals surface area (Å²) in [5.41, 5.74) is 0.955. The number of aromatic nitrogens is 1. The first-order chi connectivity index (χ1) is 12.7. The van der Waals surface area contributed by atoms with Crippen LogP contribution in [0.25, 0.3) is 10.8 Å². The number of esters is 1. The third-order valence-electron chi connectivity index (χ3n) is 3.67. The minimum Gasteiger partial charge on any atom is -0.489 e. The van der Waals surface area contributed by atoms with E-state index >= 15 is 0 Å². The molecule has 0 saturated heterocycles. The maximum absolute atomic E-state index is 12.4. The van der Waals surface area contributed by atoms with Gasteiger partial charge >= 0.3 is 5.97 Å². The normalized spacial score (nSPS) is 13.3. The zero-order chi connectivity index (χ0) is 17.9. The van der Waals surface area contributed by atoms with E-state index in [4.69, 9.17) is 30.2 Å². The molecule has 0 radical (unpaired) electrons. The van der Waals surface area contributed by atoms with Crippen molar-refractivity contribution in [2.24, 2.45) is 0 Å². The molecule has 0 spiro atoms. The highest BCUT2D eigenvalue weighted by molar-refractivity contribution is 7.13. The second kappa shape index (κ2) is 7.39. The molecular weight excluding hydrogens is 378 g/mol. The van der Waals surface area contributed by atoms with E-state index in [0.717, 1.165) is 11.4 Å². The molecule has 1 aliphatic heterocycles. The first-order valence-electron chi connectivity index (χ1n) is 7.95. The molecule has 1 aromatic carbocycles. The van der Waals surface area contributed by atoms with Crippen LogP contribution < -0.4 is 9.47 Å². The molecule has 0 fully saturated rings. The summed E-state index contributed by atoms with van der Waals surface area (Å²) in [6.45, 7) is 1.09. The standard InChI is InChI=1S/C18H14ClNO5S/c19-13-7-11(8-15-16(13)24-6-2-5-23-15)18(21)25-9-12-10-26-17(20-12)14-3-1-4-22-14/h1,3-4,7-8,10H,2,5-6,9H2. The van der Waals surface area contributed by atoms with Gasteiger partial charge in [0.2, 0.25) is 0 Å². The fourth-order valence-corrected chi connectivity index (χ4v) is 3.49. The lowest BCUT2D eigenvalue weighted by Crippen LogP contribution is -2.06. The Balaban J connectivity index is 1.45. The molecule has 3 heterocycles. The topological polar surface area (TPSA) is 70.8 Å². The second-order valence-electron chi connectivity index (χ2n) is 5.53. The molecule has 8 heteroatoms. The van der Waals surface area contributed by atoms with Gasteiger partial charge in [0, 0.05) is 11.8 Å². The molecule has 0 atom stereocenters. The monoisotopic (exact) mass is 391 g/mol. The first-order valence-corrected chi connectivity index (χ1v) is 9.21. The van der Waals surface area contributed by atoms with Gasteiger partial charge in [-0.2, -0.15) is 0 Å². The molecule has 0 unspecified atom stereocenters. The molecule has 1 aliphatic rings. The Kier molecular flexibility index (Phi) is 4.81. The van der Waals surface area contributed by atoms with E-state index in [0.29, 0.717) is 46.8 Å². The number of halogens is 1. The number of rotatable bonds is 4. The lowest BCUT2D eigenvalue weighted by Gasteiger charge is -2.11. The molecule has 4 rings (SSSR count). The van der Waals surface area contributed by atoms with Crippen molar-refractivity contribution in [2.45, 2.75) is 13.0 Å². The van der Waals surface area contributed by atoms with Crippen LogP contribution >= 0.6 is 22.9 Å². The van der Waals surface area contributed by atoms with Crippen molar-refractivity contribution < 1.29 is 23.4 Å². The first kappa shape index (κ1) is 16.9. The van der Waals surface area contributed by atoms with Crippen LogP contribution in [0, 0.1) is 0 Å². The lowest BCUT2D eigenvalue weighted by atomic mass is 10.2. The largest absolute Gasteiger partial charge is 0.489 e. The van der Waals surface area contributed by atoms with Crippen molar-refractivity contribution in [2.75, 3.05) is 13.2 Å². The van der Waals surface area contributed by atoms with Gasteiger partial charge in [-0.25, -0.2) is 9.78 Å². The lowest BCUT2D eigenvalue weighted by molar-refractivity contribution is 0.0468. The number of thiazole rings is 1. The van der Waals surface area contributed by atoms with Gasteiger partial charge in [-0.1, -0.05) is 11.6 Å². The van der Waals surface area contributed by atoms with Crippen molar-refractivity contribution in [3.8, 4) is 22.3 Å². The molecule has 0 aliphatic carbocycles. The predicted molar refractivity (Wildman–Crippen MR) is 96.0 cm³/mol. The van der Waals surface area contributed by atoms with Crippen LogP contribution in [-0.2, 0) is 11.3 Å². The van der Waals surface area contributed by atoms with E-state index in [1.165, 1.54) is 17.4 Å². The highest BCUT2D eigenvalue weighted by Crippen LogP contribution is 2.38. The number of ether oxygens (including phenoxy) is 3. The van der Waals surface area contributed by atoms with E-state index in [1.54, 1.807) is 18.4 Å². The van der Waals surface area contributed by atoms with Crippen molar-refractivity contribution in [3.05, 3.63) is 52.2 Å². The minimum absolute atomic E-state index is 0.0576. The predicted octanol–water partition coefficient (Wildman–Crippen LogP) is 4.57.